The zero-order valence-corrected chi connectivity index (χ0v) is 16.5. The number of benzene rings is 1. The van der Waals surface area contributed by atoms with Crippen molar-refractivity contribution in [2.24, 2.45) is 0 Å². The second-order valence-electron chi connectivity index (χ2n) is 6.83. The molecule has 1 heterocycles. The van der Waals surface area contributed by atoms with Gasteiger partial charge in [-0.25, -0.2) is 0 Å². The number of aromatic amines is 1. The standard InChI is InChI=1S/C21H24N4O3/c1-13-5-7-16(8-6-13)24-19(26)12-25(4)20(27)10-9-17-14(2)18(11-22)21(28)23-15(17)3/h5-8H,9-10,12H2,1-4H3,(H,23,28)(H,24,26). The van der Waals surface area contributed by atoms with Crippen LogP contribution in [0.2, 0.25) is 0 Å². The monoisotopic (exact) mass is 380 g/mol. The Morgan fingerprint density at radius 3 is 2.43 bits per heavy atom. The number of rotatable bonds is 6. The molecule has 0 bridgehead atoms. The topological polar surface area (TPSA) is 106 Å². The number of hydrogen-bond acceptors (Lipinski definition) is 4. The summed E-state index contributed by atoms with van der Waals surface area (Å²) in [7, 11) is 1.57. The second-order valence-corrected chi connectivity index (χ2v) is 6.83. The van der Waals surface area contributed by atoms with E-state index in [9.17, 15) is 14.4 Å². The predicted molar refractivity (Wildman–Crippen MR) is 107 cm³/mol. The van der Waals surface area contributed by atoms with Crippen LogP contribution in [0, 0.1) is 32.1 Å². The van der Waals surface area contributed by atoms with Crippen molar-refractivity contribution in [2.75, 3.05) is 18.9 Å². The Labute approximate surface area is 164 Å². The number of likely N-dealkylation sites (N-methyl/N-ethyl adjacent to an activating group) is 1. The van der Waals surface area contributed by atoms with Crippen LogP contribution in [0.5, 0.6) is 0 Å². The Hall–Kier alpha value is -3.40. The zero-order valence-electron chi connectivity index (χ0n) is 16.5. The summed E-state index contributed by atoms with van der Waals surface area (Å²) in [6.45, 7) is 5.36. The summed E-state index contributed by atoms with van der Waals surface area (Å²) in [6, 6.07) is 9.32. The van der Waals surface area contributed by atoms with Crippen molar-refractivity contribution in [1.82, 2.24) is 9.88 Å². The van der Waals surface area contributed by atoms with Gasteiger partial charge in [-0.3, -0.25) is 14.4 Å². The minimum Gasteiger partial charge on any atom is -0.336 e. The fourth-order valence-corrected chi connectivity index (χ4v) is 2.98. The van der Waals surface area contributed by atoms with E-state index in [4.69, 9.17) is 5.26 Å². The van der Waals surface area contributed by atoms with Crippen molar-refractivity contribution < 1.29 is 9.59 Å². The summed E-state index contributed by atoms with van der Waals surface area (Å²) in [4.78, 5) is 40.3. The van der Waals surface area contributed by atoms with E-state index in [1.807, 2.05) is 37.3 Å². The third kappa shape index (κ3) is 5.07. The molecular weight excluding hydrogens is 356 g/mol. The number of carbonyl (C=O) groups is 2. The average molecular weight is 380 g/mol. The minimum atomic E-state index is -0.419. The number of aryl methyl sites for hydroxylation is 2. The number of anilines is 1. The maximum atomic E-state index is 12.4. The molecule has 2 aromatic rings. The molecule has 2 rings (SSSR count). The van der Waals surface area contributed by atoms with E-state index >= 15 is 0 Å². The lowest BCUT2D eigenvalue weighted by atomic mass is 9.99. The van der Waals surface area contributed by atoms with Crippen molar-refractivity contribution in [3.63, 3.8) is 0 Å². The maximum absolute atomic E-state index is 12.4. The normalized spacial score (nSPS) is 10.2. The van der Waals surface area contributed by atoms with Gasteiger partial charge in [-0.05, 0) is 50.5 Å². The highest BCUT2D eigenvalue weighted by molar-refractivity contribution is 5.94. The van der Waals surface area contributed by atoms with Gasteiger partial charge in [-0.15, -0.1) is 0 Å². The molecule has 146 valence electrons. The van der Waals surface area contributed by atoms with Gasteiger partial charge in [0.15, 0.2) is 0 Å². The van der Waals surface area contributed by atoms with Crippen molar-refractivity contribution in [3.05, 3.63) is 62.6 Å². The number of H-pyrrole nitrogens is 1. The first-order valence-corrected chi connectivity index (χ1v) is 8.96. The largest absolute Gasteiger partial charge is 0.336 e. The quantitative estimate of drug-likeness (QED) is 0.801. The maximum Gasteiger partial charge on any atom is 0.266 e. The average Bonchev–Trinajstić information content (AvgIpc) is 2.63. The molecule has 7 heteroatoms. The number of carbonyl (C=O) groups excluding carboxylic acids is 2. The van der Waals surface area contributed by atoms with E-state index in [-0.39, 0.29) is 30.3 Å². The third-order valence-corrected chi connectivity index (χ3v) is 4.65. The molecule has 0 aliphatic rings. The minimum absolute atomic E-state index is 0.0558. The van der Waals surface area contributed by atoms with Crippen molar-refractivity contribution in [3.8, 4) is 6.07 Å². The molecule has 7 nitrogen and oxygen atoms in total. The van der Waals surface area contributed by atoms with Crippen molar-refractivity contribution in [2.45, 2.75) is 33.6 Å². The highest BCUT2D eigenvalue weighted by Crippen LogP contribution is 2.15. The van der Waals surface area contributed by atoms with Gasteiger partial charge in [0.2, 0.25) is 11.8 Å². The van der Waals surface area contributed by atoms with E-state index in [2.05, 4.69) is 10.3 Å². The molecule has 0 unspecified atom stereocenters. The number of hydrogen-bond donors (Lipinski definition) is 2. The van der Waals surface area contributed by atoms with Crippen LogP contribution in [0.15, 0.2) is 29.1 Å². The zero-order chi connectivity index (χ0) is 20.8. The lowest BCUT2D eigenvalue weighted by molar-refractivity contribution is -0.133. The molecular formula is C21H24N4O3. The number of nitrogens with one attached hydrogen (secondary N) is 2. The highest BCUT2D eigenvalue weighted by Gasteiger charge is 2.16. The molecule has 0 aliphatic heterocycles. The van der Waals surface area contributed by atoms with E-state index in [0.717, 1.165) is 11.1 Å². The van der Waals surface area contributed by atoms with Crippen LogP contribution in [0.1, 0.15) is 34.4 Å². The summed E-state index contributed by atoms with van der Waals surface area (Å²) in [6.07, 6.45) is 0.554. The van der Waals surface area contributed by atoms with E-state index in [1.165, 1.54) is 4.90 Å². The van der Waals surface area contributed by atoms with Gasteiger partial charge < -0.3 is 15.2 Å². The molecule has 0 saturated heterocycles. The molecule has 0 fully saturated rings. The van der Waals surface area contributed by atoms with Gasteiger partial charge in [0.05, 0.1) is 6.54 Å². The highest BCUT2D eigenvalue weighted by atomic mass is 16.2. The lowest BCUT2D eigenvalue weighted by Gasteiger charge is -2.18. The molecule has 0 radical (unpaired) electrons. The van der Waals surface area contributed by atoms with E-state index in [0.29, 0.717) is 23.4 Å². The third-order valence-electron chi connectivity index (χ3n) is 4.65. The molecule has 2 amide bonds. The molecule has 2 N–H and O–H groups in total. The van der Waals surface area contributed by atoms with Gasteiger partial charge in [-0.2, -0.15) is 5.26 Å². The smallest absolute Gasteiger partial charge is 0.266 e. The van der Waals surface area contributed by atoms with Gasteiger partial charge in [-0.1, -0.05) is 17.7 Å². The van der Waals surface area contributed by atoms with Crippen molar-refractivity contribution >= 4 is 17.5 Å². The second kappa shape index (κ2) is 9.00. The fourth-order valence-electron chi connectivity index (χ4n) is 2.98. The Bertz CT molecular complexity index is 984. The number of pyridine rings is 1. The van der Waals surface area contributed by atoms with Crippen LogP contribution in [0.4, 0.5) is 5.69 Å². The Morgan fingerprint density at radius 2 is 1.82 bits per heavy atom. The summed E-state index contributed by atoms with van der Waals surface area (Å²) in [5.41, 5.74) is 3.45. The van der Waals surface area contributed by atoms with Crippen LogP contribution < -0.4 is 10.9 Å². The first kappa shape index (κ1) is 20.9. The molecule has 0 aliphatic carbocycles. The summed E-state index contributed by atoms with van der Waals surface area (Å²) >= 11 is 0. The molecule has 1 aromatic carbocycles. The number of nitrogens with zero attached hydrogens (tertiary/aromatic N) is 2. The number of aromatic nitrogens is 1. The van der Waals surface area contributed by atoms with Crippen molar-refractivity contribution in [1.29, 1.82) is 5.26 Å². The molecule has 0 spiro atoms. The number of nitriles is 1. The van der Waals surface area contributed by atoms with Crippen LogP contribution in [0.3, 0.4) is 0 Å². The summed E-state index contributed by atoms with van der Waals surface area (Å²) < 4.78 is 0. The van der Waals surface area contributed by atoms with Gasteiger partial charge >= 0.3 is 0 Å². The Balaban J connectivity index is 1.96. The summed E-state index contributed by atoms with van der Waals surface area (Å²) in [5.74, 6) is -0.467. The van der Waals surface area contributed by atoms with E-state index < -0.39 is 5.56 Å². The predicted octanol–water partition coefficient (Wildman–Crippen LogP) is 2.20. The lowest BCUT2D eigenvalue weighted by Crippen LogP contribution is -2.35. The Morgan fingerprint density at radius 1 is 1.18 bits per heavy atom. The number of amides is 2. The van der Waals surface area contributed by atoms with Gasteiger partial charge in [0.25, 0.3) is 5.56 Å². The van der Waals surface area contributed by atoms with Crippen LogP contribution in [-0.2, 0) is 16.0 Å². The fraction of sp³-hybridized carbons (Fsp3) is 0.333. The first-order chi connectivity index (χ1) is 13.2. The van der Waals surface area contributed by atoms with Gasteiger partial charge in [0, 0.05) is 24.8 Å². The van der Waals surface area contributed by atoms with Crippen LogP contribution in [-0.4, -0.2) is 35.3 Å². The van der Waals surface area contributed by atoms with E-state index in [1.54, 1.807) is 20.9 Å². The molecule has 0 atom stereocenters. The SMILES string of the molecule is Cc1ccc(NC(=O)CN(C)C(=O)CCc2c(C)[nH]c(=O)c(C#N)c2C)cc1. The molecule has 1 aromatic heterocycles. The Kier molecular flexibility index (Phi) is 6.72. The first-order valence-electron chi connectivity index (χ1n) is 8.96. The van der Waals surface area contributed by atoms with Crippen LogP contribution >= 0.6 is 0 Å². The molecule has 28 heavy (non-hydrogen) atoms. The molecule has 0 saturated carbocycles. The summed E-state index contributed by atoms with van der Waals surface area (Å²) in [5, 5.41) is 11.9. The van der Waals surface area contributed by atoms with Gasteiger partial charge in [0.1, 0.15) is 11.6 Å². The van der Waals surface area contributed by atoms with Crippen LogP contribution in [0.25, 0.3) is 0 Å².